The van der Waals surface area contributed by atoms with Crippen molar-refractivity contribution in [1.29, 1.82) is 0 Å². The van der Waals surface area contributed by atoms with Gasteiger partial charge in [0.2, 0.25) is 0 Å². The summed E-state index contributed by atoms with van der Waals surface area (Å²) in [5, 5.41) is 0. The molecule has 0 amide bonds. The predicted octanol–water partition coefficient (Wildman–Crippen LogP) is 3.66. The summed E-state index contributed by atoms with van der Waals surface area (Å²) in [5.41, 5.74) is 0.945. The van der Waals surface area contributed by atoms with Crippen LogP contribution in [0.5, 0.6) is 5.75 Å². The van der Waals surface area contributed by atoms with Crippen LogP contribution in [0.2, 0.25) is 0 Å². The number of ether oxygens (including phenoxy) is 1. The van der Waals surface area contributed by atoms with Crippen molar-refractivity contribution in [1.82, 2.24) is 0 Å². The molecule has 2 aromatic rings. The van der Waals surface area contributed by atoms with Crippen molar-refractivity contribution in [3.63, 3.8) is 0 Å². The second kappa shape index (κ2) is 5.61. The third kappa shape index (κ3) is 2.78. The molecule has 2 rings (SSSR count). The Morgan fingerprint density at radius 1 is 1.11 bits per heavy atom. The molecule has 0 heterocycles. The number of carbonyl (C=O) groups excluding carboxylic acids is 1. The van der Waals surface area contributed by atoms with Crippen LogP contribution in [-0.4, -0.2) is 6.29 Å². The Kier molecular flexibility index (Phi) is 3.90. The zero-order chi connectivity index (χ0) is 13.8. The van der Waals surface area contributed by atoms with Crippen LogP contribution in [0.15, 0.2) is 36.4 Å². The van der Waals surface area contributed by atoms with Gasteiger partial charge in [0.1, 0.15) is 24.0 Å². The molecule has 0 saturated carbocycles. The van der Waals surface area contributed by atoms with Gasteiger partial charge in [0, 0.05) is 0 Å². The van der Waals surface area contributed by atoms with Crippen molar-refractivity contribution in [3.8, 4) is 5.75 Å². The lowest BCUT2D eigenvalue weighted by molar-refractivity contribution is 0.111. The largest absolute Gasteiger partial charge is 0.488 e. The SMILES string of the molecule is Cc1cccc(C=O)c1OCc1c(F)cccc1F. The minimum atomic E-state index is -0.666. The molecule has 0 saturated heterocycles. The maximum atomic E-state index is 13.4. The van der Waals surface area contributed by atoms with E-state index in [0.29, 0.717) is 17.6 Å². The van der Waals surface area contributed by atoms with E-state index in [9.17, 15) is 13.6 Å². The summed E-state index contributed by atoms with van der Waals surface area (Å²) in [6, 6.07) is 8.70. The van der Waals surface area contributed by atoms with E-state index in [2.05, 4.69) is 0 Å². The summed E-state index contributed by atoms with van der Waals surface area (Å²) in [4.78, 5) is 10.9. The molecule has 0 unspecified atom stereocenters. The number of benzene rings is 2. The Bertz CT molecular complexity index is 589. The lowest BCUT2D eigenvalue weighted by Gasteiger charge is -2.12. The number of aldehydes is 1. The minimum Gasteiger partial charge on any atom is -0.488 e. The van der Waals surface area contributed by atoms with Crippen molar-refractivity contribution in [2.24, 2.45) is 0 Å². The quantitative estimate of drug-likeness (QED) is 0.786. The number of rotatable bonds is 4. The highest BCUT2D eigenvalue weighted by Crippen LogP contribution is 2.24. The number of hydrogen-bond acceptors (Lipinski definition) is 2. The van der Waals surface area contributed by atoms with Gasteiger partial charge in [-0.25, -0.2) is 8.78 Å². The molecule has 98 valence electrons. The van der Waals surface area contributed by atoms with E-state index in [0.717, 1.165) is 5.56 Å². The third-order valence-electron chi connectivity index (χ3n) is 2.79. The molecule has 0 aliphatic heterocycles. The zero-order valence-electron chi connectivity index (χ0n) is 10.3. The fourth-order valence-corrected chi connectivity index (χ4v) is 1.78. The van der Waals surface area contributed by atoms with Gasteiger partial charge in [-0.05, 0) is 30.7 Å². The molecule has 0 bridgehead atoms. The first kappa shape index (κ1) is 13.2. The van der Waals surface area contributed by atoms with Crippen molar-refractivity contribution >= 4 is 6.29 Å². The van der Waals surface area contributed by atoms with Crippen molar-refractivity contribution in [3.05, 3.63) is 64.7 Å². The molecule has 0 aromatic heterocycles. The van der Waals surface area contributed by atoms with Gasteiger partial charge in [0.15, 0.2) is 6.29 Å². The average molecular weight is 262 g/mol. The summed E-state index contributed by atoms with van der Waals surface area (Å²) in [7, 11) is 0. The molecular formula is C15H12F2O2. The summed E-state index contributed by atoms with van der Waals surface area (Å²) >= 11 is 0. The van der Waals surface area contributed by atoms with Crippen LogP contribution in [0, 0.1) is 18.6 Å². The summed E-state index contributed by atoms with van der Waals surface area (Å²) in [5.74, 6) is -0.984. The normalized spacial score (nSPS) is 10.3. The fraction of sp³-hybridized carbons (Fsp3) is 0.133. The van der Waals surface area contributed by atoms with Crippen molar-refractivity contribution < 1.29 is 18.3 Å². The van der Waals surface area contributed by atoms with E-state index in [1.807, 2.05) is 0 Å². The van der Waals surface area contributed by atoms with Crippen LogP contribution in [0.3, 0.4) is 0 Å². The maximum Gasteiger partial charge on any atom is 0.153 e. The molecule has 0 atom stereocenters. The molecule has 0 radical (unpaired) electrons. The van der Waals surface area contributed by atoms with Crippen LogP contribution < -0.4 is 4.74 Å². The summed E-state index contributed by atoms with van der Waals surface area (Å²) in [6.07, 6.45) is 0.653. The third-order valence-corrected chi connectivity index (χ3v) is 2.79. The first-order valence-corrected chi connectivity index (χ1v) is 5.74. The number of aryl methyl sites for hydroxylation is 1. The van der Waals surface area contributed by atoms with E-state index in [1.54, 1.807) is 25.1 Å². The Morgan fingerprint density at radius 2 is 1.74 bits per heavy atom. The maximum absolute atomic E-state index is 13.4. The highest BCUT2D eigenvalue weighted by molar-refractivity contribution is 5.80. The topological polar surface area (TPSA) is 26.3 Å². The fourth-order valence-electron chi connectivity index (χ4n) is 1.78. The monoisotopic (exact) mass is 262 g/mol. The smallest absolute Gasteiger partial charge is 0.153 e. The first-order chi connectivity index (χ1) is 9.13. The van der Waals surface area contributed by atoms with Crippen LogP contribution in [-0.2, 0) is 6.61 Å². The van der Waals surface area contributed by atoms with Gasteiger partial charge < -0.3 is 4.74 Å². The molecule has 0 aliphatic rings. The van der Waals surface area contributed by atoms with Gasteiger partial charge in [0.05, 0.1) is 11.1 Å². The van der Waals surface area contributed by atoms with E-state index >= 15 is 0 Å². The van der Waals surface area contributed by atoms with Gasteiger partial charge in [0.25, 0.3) is 0 Å². The Morgan fingerprint density at radius 3 is 2.37 bits per heavy atom. The second-order valence-corrected chi connectivity index (χ2v) is 4.10. The Hall–Kier alpha value is -2.23. The summed E-state index contributed by atoms with van der Waals surface area (Å²) < 4.78 is 32.3. The number of hydrogen-bond donors (Lipinski definition) is 0. The van der Waals surface area contributed by atoms with E-state index in [-0.39, 0.29) is 12.2 Å². The standard InChI is InChI=1S/C15H12F2O2/c1-10-4-2-5-11(8-18)15(10)19-9-12-13(16)6-3-7-14(12)17/h2-8H,9H2,1H3. The Balaban J connectivity index is 2.26. The van der Waals surface area contributed by atoms with E-state index in [1.165, 1.54) is 18.2 Å². The molecule has 19 heavy (non-hydrogen) atoms. The summed E-state index contributed by atoms with van der Waals surface area (Å²) in [6.45, 7) is 1.50. The molecule has 4 heteroatoms. The lowest BCUT2D eigenvalue weighted by atomic mass is 10.1. The van der Waals surface area contributed by atoms with E-state index < -0.39 is 11.6 Å². The molecule has 2 aromatic carbocycles. The zero-order valence-corrected chi connectivity index (χ0v) is 10.3. The number of halogens is 2. The number of carbonyl (C=O) groups is 1. The highest BCUT2D eigenvalue weighted by atomic mass is 19.1. The van der Waals surface area contributed by atoms with Crippen LogP contribution in [0.25, 0.3) is 0 Å². The van der Waals surface area contributed by atoms with Crippen molar-refractivity contribution in [2.45, 2.75) is 13.5 Å². The predicted molar refractivity (Wildman–Crippen MR) is 67.3 cm³/mol. The highest BCUT2D eigenvalue weighted by Gasteiger charge is 2.11. The van der Waals surface area contributed by atoms with Crippen molar-refractivity contribution in [2.75, 3.05) is 0 Å². The average Bonchev–Trinajstić information content (AvgIpc) is 2.39. The van der Waals surface area contributed by atoms with Crippen LogP contribution in [0.1, 0.15) is 21.5 Å². The molecule has 0 spiro atoms. The Labute approximate surface area is 109 Å². The van der Waals surface area contributed by atoms with Crippen LogP contribution >= 0.6 is 0 Å². The molecule has 0 N–H and O–H groups in total. The van der Waals surface area contributed by atoms with Gasteiger partial charge in [-0.15, -0.1) is 0 Å². The first-order valence-electron chi connectivity index (χ1n) is 5.74. The molecular weight excluding hydrogens is 250 g/mol. The van der Waals surface area contributed by atoms with Gasteiger partial charge >= 0.3 is 0 Å². The van der Waals surface area contributed by atoms with Gasteiger partial charge in [-0.3, -0.25) is 4.79 Å². The lowest BCUT2D eigenvalue weighted by Crippen LogP contribution is -2.04. The van der Waals surface area contributed by atoms with Crippen LogP contribution in [0.4, 0.5) is 8.78 Å². The van der Waals surface area contributed by atoms with E-state index in [4.69, 9.17) is 4.74 Å². The molecule has 2 nitrogen and oxygen atoms in total. The van der Waals surface area contributed by atoms with Gasteiger partial charge in [-0.1, -0.05) is 18.2 Å². The molecule has 0 fully saturated rings. The number of para-hydroxylation sites is 1. The second-order valence-electron chi connectivity index (χ2n) is 4.10. The van der Waals surface area contributed by atoms with Gasteiger partial charge in [-0.2, -0.15) is 0 Å². The molecule has 0 aliphatic carbocycles. The minimum absolute atomic E-state index is 0.150.